The topological polar surface area (TPSA) is 37.3 Å². The van der Waals surface area contributed by atoms with Crippen molar-refractivity contribution < 1.29 is 9.90 Å². The summed E-state index contributed by atoms with van der Waals surface area (Å²) in [6, 6.07) is 0. The summed E-state index contributed by atoms with van der Waals surface area (Å²) in [5, 5.41) is 10.1. The highest BCUT2D eigenvalue weighted by Crippen LogP contribution is 2.66. The first kappa shape index (κ1) is 14.8. The number of hydrogen-bond acceptors (Lipinski definition) is 2. The predicted molar refractivity (Wildman–Crippen MR) is 87.4 cm³/mol. The van der Waals surface area contributed by atoms with E-state index in [4.69, 9.17) is 0 Å². The van der Waals surface area contributed by atoms with Crippen LogP contribution in [0.5, 0.6) is 0 Å². The van der Waals surface area contributed by atoms with Gasteiger partial charge in [0.15, 0.2) is 11.5 Å². The average molecular weight is 302 g/mol. The zero-order valence-electron chi connectivity index (χ0n) is 14.3. The number of allylic oxidation sites excluding steroid dienone is 2. The fourth-order valence-electron chi connectivity index (χ4n) is 6.98. The largest absolute Gasteiger partial charge is 0.505 e. The van der Waals surface area contributed by atoms with Gasteiger partial charge < -0.3 is 5.11 Å². The molecule has 122 valence electrons. The number of carbonyl (C=O) groups is 1. The van der Waals surface area contributed by atoms with Gasteiger partial charge in [-0.15, -0.1) is 0 Å². The first-order chi connectivity index (χ1) is 10.4. The van der Waals surface area contributed by atoms with Crippen LogP contribution in [-0.2, 0) is 4.79 Å². The van der Waals surface area contributed by atoms with Gasteiger partial charge >= 0.3 is 0 Å². The Balaban J connectivity index is 1.70. The Hall–Kier alpha value is -0.790. The number of fused-ring (bicyclic) bond motifs is 5. The third-order valence-corrected chi connectivity index (χ3v) is 8.60. The molecule has 4 rings (SSSR count). The summed E-state index contributed by atoms with van der Waals surface area (Å²) in [6.45, 7) is 7.33. The molecule has 1 N–H and O–H groups in total. The van der Waals surface area contributed by atoms with Crippen molar-refractivity contribution in [3.63, 3.8) is 0 Å². The molecule has 0 unspecified atom stereocenters. The first-order valence-corrected chi connectivity index (χ1v) is 9.31. The monoisotopic (exact) mass is 302 g/mol. The zero-order valence-corrected chi connectivity index (χ0v) is 14.3. The summed E-state index contributed by atoms with van der Waals surface area (Å²) in [5.41, 5.74) is 0.592. The normalized spacial score (nSPS) is 54.2. The van der Waals surface area contributed by atoms with E-state index in [9.17, 15) is 9.90 Å². The summed E-state index contributed by atoms with van der Waals surface area (Å²) in [6.07, 6.45) is 10.4. The Bertz CT molecular complexity index is 536. The number of rotatable bonds is 0. The van der Waals surface area contributed by atoms with Crippen LogP contribution < -0.4 is 0 Å². The van der Waals surface area contributed by atoms with E-state index in [1.54, 1.807) is 0 Å². The molecule has 4 aliphatic rings. The van der Waals surface area contributed by atoms with Crippen molar-refractivity contribution in [1.29, 1.82) is 0 Å². The van der Waals surface area contributed by atoms with Gasteiger partial charge in [-0.05, 0) is 85.0 Å². The van der Waals surface area contributed by atoms with E-state index in [1.807, 2.05) is 6.08 Å². The van der Waals surface area contributed by atoms with Gasteiger partial charge in [0.25, 0.3) is 0 Å². The van der Waals surface area contributed by atoms with Crippen LogP contribution in [0.25, 0.3) is 0 Å². The maximum atomic E-state index is 11.9. The van der Waals surface area contributed by atoms with Crippen LogP contribution >= 0.6 is 0 Å². The molecule has 0 saturated heterocycles. The second-order valence-electron chi connectivity index (χ2n) is 9.20. The van der Waals surface area contributed by atoms with Crippen molar-refractivity contribution >= 4 is 5.78 Å². The minimum atomic E-state index is -0.0314. The molecule has 4 aliphatic carbocycles. The van der Waals surface area contributed by atoms with Crippen LogP contribution in [0.1, 0.15) is 65.7 Å². The number of carbonyl (C=O) groups excluding carboxylic acids is 1. The van der Waals surface area contributed by atoms with E-state index in [1.165, 1.54) is 38.5 Å². The Morgan fingerprint density at radius 2 is 1.86 bits per heavy atom. The maximum absolute atomic E-state index is 11.9. The molecule has 0 aromatic rings. The average Bonchev–Trinajstić information content (AvgIpc) is 2.77. The maximum Gasteiger partial charge on any atom is 0.197 e. The summed E-state index contributed by atoms with van der Waals surface area (Å²) in [7, 11) is 0. The van der Waals surface area contributed by atoms with Crippen molar-refractivity contribution in [3.8, 4) is 0 Å². The van der Waals surface area contributed by atoms with Gasteiger partial charge in [-0.25, -0.2) is 0 Å². The van der Waals surface area contributed by atoms with E-state index in [0.29, 0.717) is 23.7 Å². The number of aliphatic hydroxyl groups is 1. The molecule has 3 saturated carbocycles. The lowest BCUT2D eigenvalue weighted by Crippen LogP contribution is -2.52. The fourth-order valence-corrected chi connectivity index (χ4v) is 6.98. The van der Waals surface area contributed by atoms with Crippen LogP contribution in [0.4, 0.5) is 0 Å². The molecule has 0 aromatic heterocycles. The van der Waals surface area contributed by atoms with Crippen LogP contribution in [0, 0.1) is 40.4 Å². The molecule has 0 heterocycles. The van der Waals surface area contributed by atoms with Gasteiger partial charge in [0.1, 0.15) is 0 Å². The lowest BCUT2D eigenvalue weighted by Gasteiger charge is -2.58. The molecule has 7 atom stereocenters. The summed E-state index contributed by atoms with van der Waals surface area (Å²) in [5.74, 6) is 3.68. The highest BCUT2D eigenvalue weighted by Gasteiger charge is 2.59. The number of hydrogen-bond donors (Lipinski definition) is 1. The Morgan fingerprint density at radius 1 is 1.09 bits per heavy atom. The van der Waals surface area contributed by atoms with Crippen LogP contribution in [0.15, 0.2) is 11.8 Å². The summed E-state index contributed by atoms with van der Waals surface area (Å²) in [4.78, 5) is 11.9. The molecule has 0 aliphatic heterocycles. The molecule has 0 bridgehead atoms. The van der Waals surface area contributed by atoms with Crippen molar-refractivity contribution in [3.05, 3.63) is 11.8 Å². The quantitative estimate of drug-likeness (QED) is 0.691. The van der Waals surface area contributed by atoms with E-state index < -0.39 is 0 Å². The first-order valence-electron chi connectivity index (χ1n) is 9.31. The van der Waals surface area contributed by atoms with E-state index in [-0.39, 0.29) is 17.0 Å². The second-order valence-corrected chi connectivity index (χ2v) is 9.20. The predicted octanol–water partition coefficient (Wildman–Crippen LogP) is 4.90. The molecule has 0 aromatic carbocycles. The minimum absolute atomic E-state index is 0.0314. The Labute approximate surface area is 134 Å². The van der Waals surface area contributed by atoms with Gasteiger partial charge in [-0.3, -0.25) is 4.79 Å². The molecule has 22 heavy (non-hydrogen) atoms. The Kier molecular flexibility index (Phi) is 3.10. The highest BCUT2D eigenvalue weighted by atomic mass is 16.3. The SMILES string of the molecule is C[C@@H]1CC[C@H]2[C@@H]3CC[C@H]4CC(=O)C(O)=C[C@]4(C)[C@H]3CC[C@]12C. The Morgan fingerprint density at radius 3 is 2.64 bits per heavy atom. The second kappa shape index (κ2) is 4.61. The number of ketones is 1. The molecule has 0 radical (unpaired) electrons. The van der Waals surface area contributed by atoms with Crippen LogP contribution in [0.3, 0.4) is 0 Å². The molecule has 2 heteroatoms. The van der Waals surface area contributed by atoms with E-state index >= 15 is 0 Å². The molecular formula is C20H30O2. The van der Waals surface area contributed by atoms with Gasteiger partial charge in [0.05, 0.1) is 0 Å². The van der Waals surface area contributed by atoms with Gasteiger partial charge in [-0.1, -0.05) is 20.8 Å². The number of Topliss-reactive ketones (excluding diaryl/α,β-unsaturated/α-hetero) is 1. The van der Waals surface area contributed by atoms with Gasteiger partial charge in [0, 0.05) is 6.42 Å². The number of aliphatic hydroxyl groups excluding tert-OH is 1. The van der Waals surface area contributed by atoms with Crippen LogP contribution in [0.2, 0.25) is 0 Å². The van der Waals surface area contributed by atoms with Gasteiger partial charge in [0.2, 0.25) is 0 Å². The smallest absolute Gasteiger partial charge is 0.197 e. The van der Waals surface area contributed by atoms with Crippen molar-refractivity contribution in [2.45, 2.75) is 65.7 Å². The molecule has 0 amide bonds. The lowest BCUT2D eigenvalue weighted by atomic mass is 9.46. The van der Waals surface area contributed by atoms with Crippen molar-refractivity contribution in [2.75, 3.05) is 0 Å². The summed E-state index contributed by atoms with van der Waals surface area (Å²) >= 11 is 0. The third-order valence-electron chi connectivity index (χ3n) is 8.60. The molecule has 0 spiro atoms. The minimum Gasteiger partial charge on any atom is -0.505 e. The zero-order chi connectivity index (χ0) is 15.7. The summed E-state index contributed by atoms with van der Waals surface area (Å²) < 4.78 is 0. The van der Waals surface area contributed by atoms with Crippen LogP contribution in [-0.4, -0.2) is 10.9 Å². The molecule has 3 fully saturated rings. The molecule has 2 nitrogen and oxygen atoms in total. The van der Waals surface area contributed by atoms with Crippen molar-refractivity contribution in [1.82, 2.24) is 0 Å². The van der Waals surface area contributed by atoms with Gasteiger partial charge in [-0.2, -0.15) is 0 Å². The fraction of sp³-hybridized carbons (Fsp3) is 0.850. The van der Waals surface area contributed by atoms with Crippen molar-refractivity contribution in [2.24, 2.45) is 40.4 Å². The lowest BCUT2D eigenvalue weighted by molar-refractivity contribution is -0.126. The standard InChI is InChI=1S/C20H30O2/c1-12-4-7-15-14-6-5-13-10-17(21)18(22)11-20(13,3)16(14)8-9-19(12,15)2/h11-16,22H,4-10H2,1-3H3/t12-,13+,14+,15+,16+,19-,20+/m1/s1. The highest BCUT2D eigenvalue weighted by molar-refractivity contribution is 5.94. The molecular weight excluding hydrogens is 272 g/mol. The van der Waals surface area contributed by atoms with E-state index in [2.05, 4.69) is 20.8 Å². The van der Waals surface area contributed by atoms with E-state index in [0.717, 1.165) is 17.8 Å². The third kappa shape index (κ3) is 1.76.